The fourth-order valence-electron chi connectivity index (χ4n) is 1.22. The van der Waals surface area contributed by atoms with Gasteiger partial charge in [0.15, 0.2) is 0 Å². The Morgan fingerprint density at radius 2 is 1.73 bits per heavy atom. The van der Waals surface area contributed by atoms with Crippen LogP contribution < -0.4 is 0 Å². The van der Waals surface area contributed by atoms with Crippen LogP contribution in [0.5, 0.6) is 0 Å². The second kappa shape index (κ2) is 4.99. The molecule has 2 nitrogen and oxygen atoms in total. The zero-order valence-corrected chi connectivity index (χ0v) is 9.76. The molecule has 0 fully saturated rings. The molecule has 0 radical (unpaired) electrons. The van der Waals surface area contributed by atoms with Crippen molar-refractivity contribution in [1.82, 2.24) is 0 Å². The van der Waals surface area contributed by atoms with Gasteiger partial charge in [-0.15, -0.1) is 0 Å². The molecule has 0 aromatic heterocycles. The summed E-state index contributed by atoms with van der Waals surface area (Å²) in [6.07, 6.45) is 0. The number of carbonyl (C=O) groups is 1. The molecule has 0 saturated heterocycles. The van der Waals surface area contributed by atoms with Gasteiger partial charge in [-0.05, 0) is 37.1 Å². The van der Waals surface area contributed by atoms with Crippen LogP contribution in [0, 0.1) is 0 Å². The molecule has 0 aliphatic carbocycles. The van der Waals surface area contributed by atoms with Crippen molar-refractivity contribution in [2.75, 3.05) is 7.11 Å². The summed E-state index contributed by atoms with van der Waals surface area (Å²) in [6, 6.07) is 7.35. The molecule has 0 N–H and O–H groups in total. The predicted octanol–water partition coefficient (Wildman–Crippen LogP) is 3.31. The zero-order valence-electron chi connectivity index (χ0n) is 9.00. The first-order valence-electron chi connectivity index (χ1n) is 4.58. The van der Waals surface area contributed by atoms with Crippen molar-refractivity contribution in [2.24, 2.45) is 0 Å². The van der Waals surface area contributed by atoms with Gasteiger partial charge in [0, 0.05) is 10.6 Å². The maximum Gasteiger partial charge on any atom is 0.333 e. The monoisotopic (exact) mass is 224 g/mol. The van der Waals surface area contributed by atoms with E-state index in [-0.39, 0.29) is 5.97 Å². The van der Waals surface area contributed by atoms with Gasteiger partial charge < -0.3 is 4.74 Å². The van der Waals surface area contributed by atoms with E-state index in [9.17, 15) is 4.79 Å². The van der Waals surface area contributed by atoms with Crippen molar-refractivity contribution in [1.29, 1.82) is 0 Å². The topological polar surface area (TPSA) is 26.3 Å². The molecule has 3 heteroatoms. The number of rotatable bonds is 2. The van der Waals surface area contributed by atoms with E-state index in [2.05, 4.69) is 4.74 Å². The predicted molar refractivity (Wildman–Crippen MR) is 61.7 cm³/mol. The Hall–Kier alpha value is -1.28. The maximum absolute atomic E-state index is 11.3. The van der Waals surface area contributed by atoms with Crippen molar-refractivity contribution in [3.05, 3.63) is 40.4 Å². The first-order chi connectivity index (χ1) is 7.06. The van der Waals surface area contributed by atoms with Crippen LogP contribution in [0.15, 0.2) is 29.8 Å². The highest BCUT2D eigenvalue weighted by Gasteiger charge is 2.08. The molecule has 80 valence electrons. The molecule has 0 spiro atoms. The van der Waals surface area contributed by atoms with Crippen molar-refractivity contribution in [3.8, 4) is 0 Å². The van der Waals surface area contributed by atoms with E-state index in [1.54, 1.807) is 19.1 Å². The summed E-state index contributed by atoms with van der Waals surface area (Å²) in [5, 5.41) is 0.683. The highest BCUT2D eigenvalue weighted by molar-refractivity contribution is 6.30. The Kier molecular flexibility index (Phi) is 3.92. The average molecular weight is 225 g/mol. The van der Waals surface area contributed by atoms with Gasteiger partial charge in [-0.25, -0.2) is 4.79 Å². The van der Waals surface area contributed by atoms with Crippen LogP contribution in [0.2, 0.25) is 5.02 Å². The Balaban J connectivity index is 3.07. The molecule has 0 saturated carbocycles. The molecule has 1 rings (SSSR count). The van der Waals surface area contributed by atoms with Gasteiger partial charge in [0.05, 0.1) is 7.11 Å². The second-order valence-electron chi connectivity index (χ2n) is 3.25. The lowest BCUT2D eigenvalue weighted by molar-refractivity contribution is -0.135. The molecular formula is C12H13ClO2. The van der Waals surface area contributed by atoms with E-state index in [0.29, 0.717) is 10.6 Å². The Bertz CT molecular complexity index is 391. The molecule has 1 aromatic carbocycles. The first-order valence-corrected chi connectivity index (χ1v) is 4.95. The highest BCUT2D eigenvalue weighted by atomic mass is 35.5. The van der Waals surface area contributed by atoms with Gasteiger partial charge in [0.1, 0.15) is 0 Å². The highest BCUT2D eigenvalue weighted by Crippen LogP contribution is 2.20. The van der Waals surface area contributed by atoms with Crippen LogP contribution in [0.3, 0.4) is 0 Å². The van der Waals surface area contributed by atoms with Gasteiger partial charge in [-0.3, -0.25) is 0 Å². The van der Waals surface area contributed by atoms with Crippen LogP contribution in [0.25, 0.3) is 5.57 Å². The number of halogens is 1. The van der Waals surface area contributed by atoms with E-state index in [1.807, 2.05) is 19.1 Å². The third kappa shape index (κ3) is 2.83. The summed E-state index contributed by atoms with van der Waals surface area (Å²) in [5.74, 6) is -0.303. The molecule has 15 heavy (non-hydrogen) atoms. The number of hydrogen-bond acceptors (Lipinski definition) is 2. The SMILES string of the molecule is COC(=O)/C(C)=C(\C)c1ccc(Cl)cc1. The fourth-order valence-corrected chi connectivity index (χ4v) is 1.35. The van der Waals surface area contributed by atoms with Gasteiger partial charge in [-0.1, -0.05) is 23.7 Å². The number of methoxy groups -OCH3 is 1. The van der Waals surface area contributed by atoms with Crippen LogP contribution in [-0.2, 0) is 9.53 Å². The molecular weight excluding hydrogens is 212 g/mol. The van der Waals surface area contributed by atoms with Crippen LogP contribution in [-0.4, -0.2) is 13.1 Å². The van der Waals surface area contributed by atoms with E-state index >= 15 is 0 Å². The van der Waals surface area contributed by atoms with E-state index in [0.717, 1.165) is 11.1 Å². The summed E-state index contributed by atoms with van der Waals surface area (Å²) in [7, 11) is 1.38. The third-order valence-corrected chi connectivity index (χ3v) is 2.58. The maximum atomic E-state index is 11.3. The third-order valence-electron chi connectivity index (χ3n) is 2.33. The lowest BCUT2D eigenvalue weighted by atomic mass is 10.0. The summed E-state index contributed by atoms with van der Waals surface area (Å²) < 4.78 is 4.66. The largest absolute Gasteiger partial charge is 0.466 e. The number of allylic oxidation sites excluding steroid dienone is 1. The lowest BCUT2D eigenvalue weighted by Gasteiger charge is -2.06. The molecule has 1 aromatic rings. The standard InChI is InChI=1S/C12H13ClO2/c1-8(9(2)12(14)15-3)10-4-6-11(13)7-5-10/h4-7H,1-3H3/b9-8+. The number of hydrogen-bond donors (Lipinski definition) is 0. The van der Waals surface area contributed by atoms with E-state index < -0.39 is 0 Å². The quantitative estimate of drug-likeness (QED) is 0.569. The van der Waals surface area contributed by atoms with Crippen molar-refractivity contribution in [3.63, 3.8) is 0 Å². The number of ether oxygens (including phenoxy) is 1. The summed E-state index contributed by atoms with van der Waals surface area (Å²) in [6.45, 7) is 3.63. The number of benzene rings is 1. The van der Waals surface area contributed by atoms with Crippen molar-refractivity contribution in [2.45, 2.75) is 13.8 Å². The molecule has 0 unspecified atom stereocenters. The summed E-state index contributed by atoms with van der Waals surface area (Å²) in [4.78, 5) is 11.3. The number of esters is 1. The normalized spacial score (nSPS) is 12.0. The van der Waals surface area contributed by atoms with Gasteiger partial charge in [0.2, 0.25) is 0 Å². The molecule has 0 aliphatic rings. The second-order valence-corrected chi connectivity index (χ2v) is 3.68. The van der Waals surface area contributed by atoms with Gasteiger partial charge in [0.25, 0.3) is 0 Å². The van der Waals surface area contributed by atoms with E-state index in [4.69, 9.17) is 11.6 Å². The van der Waals surface area contributed by atoms with Crippen molar-refractivity contribution >= 4 is 23.1 Å². The minimum atomic E-state index is -0.303. The number of carbonyl (C=O) groups excluding carboxylic acids is 1. The van der Waals surface area contributed by atoms with E-state index in [1.165, 1.54) is 7.11 Å². The zero-order chi connectivity index (χ0) is 11.4. The molecule has 0 atom stereocenters. The van der Waals surface area contributed by atoms with Gasteiger partial charge in [-0.2, -0.15) is 0 Å². The Morgan fingerprint density at radius 1 is 1.20 bits per heavy atom. The minimum absolute atomic E-state index is 0.303. The van der Waals surface area contributed by atoms with Gasteiger partial charge >= 0.3 is 5.97 Å². The van der Waals surface area contributed by atoms with Crippen LogP contribution in [0.1, 0.15) is 19.4 Å². The lowest BCUT2D eigenvalue weighted by Crippen LogP contribution is -2.03. The summed E-state index contributed by atoms with van der Waals surface area (Å²) >= 11 is 5.78. The first kappa shape index (κ1) is 11.8. The van der Waals surface area contributed by atoms with Crippen LogP contribution in [0.4, 0.5) is 0 Å². The Morgan fingerprint density at radius 3 is 2.20 bits per heavy atom. The molecule has 0 bridgehead atoms. The minimum Gasteiger partial charge on any atom is -0.466 e. The Labute approximate surface area is 94.5 Å². The fraction of sp³-hybridized carbons (Fsp3) is 0.250. The molecule has 0 heterocycles. The molecule has 0 aliphatic heterocycles. The van der Waals surface area contributed by atoms with Crippen LogP contribution >= 0.6 is 11.6 Å². The smallest absolute Gasteiger partial charge is 0.333 e. The summed E-state index contributed by atoms with van der Waals surface area (Å²) in [5.41, 5.74) is 2.49. The molecule has 0 amide bonds. The van der Waals surface area contributed by atoms with Crippen molar-refractivity contribution < 1.29 is 9.53 Å². The average Bonchev–Trinajstić information content (AvgIpc) is 2.27.